The minimum atomic E-state index is -0.112. The van der Waals surface area contributed by atoms with Crippen molar-refractivity contribution in [2.24, 2.45) is 5.92 Å². The Labute approximate surface area is 110 Å². The molecule has 2 aromatic rings. The van der Waals surface area contributed by atoms with Gasteiger partial charge < -0.3 is 5.32 Å². The molecule has 94 valence electrons. The van der Waals surface area contributed by atoms with E-state index < -0.39 is 0 Å². The van der Waals surface area contributed by atoms with Crippen molar-refractivity contribution in [3.8, 4) is 0 Å². The molecule has 5 heteroatoms. The molecule has 1 unspecified atom stereocenters. The monoisotopic (exact) mass is 263 g/mol. The molecule has 1 amide bonds. The van der Waals surface area contributed by atoms with Crippen molar-refractivity contribution >= 4 is 28.5 Å². The summed E-state index contributed by atoms with van der Waals surface area (Å²) in [5, 5.41) is 2.84. The van der Waals surface area contributed by atoms with Crippen molar-refractivity contribution in [2.75, 3.05) is 12.4 Å². The summed E-state index contributed by atoms with van der Waals surface area (Å²) in [6.45, 7) is 2.56. The topological polar surface area (TPSA) is 54.9 Å². The van der Waals surface area contributed by atoms with Crippen LogP contribution in [-0.4, -0.2) is 28.3 Å². The van der Waals surface area contributed by atoms with Gasteiger partial charge in [0.05, 0.1) is 11.0 Å². The number of nitrogens with one attached hydrogen (secondary N) is 1. The van der Waals surface area contributed by atoms with E-state index in [1.165, 1.54) is 0 Å². The van der Waals surface area contributed by atoms with Crippen LogP contribution in [0.2, 0.25) is 0 Å². The predicted octanol–water partition coefficient (Wildman–Crippen LogP) is 2.23. The second-order valence-electron chi connectivity index (χ2n) is 4.23. The molecule has 1 atom stereocenters. The fourth-order valence-corrected chi connectivity index (χ4v) is 1.64. The number of rotatable bonds is 4. The Hall–Kier alpha value is -1.68. The number of alkyl halides is 1. The summed E-state index contributed by atoms with van der Waals surface area (Å²) in [7, 11) is 0. The molecule has 1 N–H and O–H groups in total. The molecule has 0 radical (unpaired) electrons. The third kappa shape index (κ3) is 2.96. The van der Waals surface area contributed by atoms with Crippen molar-refractivity contribution < 1.29 is 4.79 Å². The second-order valence-corrected chi connectivity index (χ2v) is 4.54. The summed E-state index contributed by atoms with van der Waals surface area (Å²) in [6, 6.07) is 5.28. The van der Waals surface area contributed by atoms with Crippen LogP contribution in [0.1, 0.15) is 17.3 Å². The number of amides is 1. The van der Waals surface area contributed by atoms with Crippen molar-refractivity contribution in [2.45, 2.75) is 6.92 Å². The van der Waals surface area contributed by atoms with Crippen molar-refractivity contribution in [1.82, 2.24) is 15.3 Å². The summed E-state index contributed by atoms with van der Waals surface area (Å²) in [6.07, 6.45) is 3.24. The number of nitrogens with zero attached hydrogens (tertiary/aromatic N) is 2. The van der Waals surface area contributed by atoms with Crippen LogP contribution in [0.15, 0.2) is 30.6 Å². The van der Waals surface area contributed by atoms with E-state index in [1.54, 1.807) is 30.6 Å². The number of hydrogen-bond donors (Lipinski definition) is 1. The molecule has 0 aliphatic carbocycles. The summed E-state index contributed by atoms with van der Waals surface area (Å²) in [5.74, 6) is 0.680. The van der Waals surface area contributed by atoms with E-state index in [9.17, 15) is 4.79 Å². The van der Waals surface area contributed by atoms with Gasteiger partial charge in [-0.1, -0.05) is 6.92 Å². The van der Waals surface area contributed by atoms with Gasteiger partial charge in [0.1, 0.15) is 0 Å². The quantitative estimate of drug-likeness (QED) is 0.861. The maximum atomic E-state index is 11.9. The molecule has 0 fully saturated rings. The van der Waals surface area contributed by atoms with Crippen molar-refractivity contribution in [3.63, 3.8) is 0 Å². The molecule has 0 aliphatic rings. The minimum Gasteiger partial charge on any atom is -0.352 e. The van der Waals surface area contributed by atoms with Crippen LogP contribution in [0.3, 0.4) is 0 Å². The summed E-state index contributed by atoms with van der Waals surface area (Å²) in [5.41, 5.74) is 2.09. The van der Waals surface area contributed by atoms with E-state index in [-0.39, 0.29) is 11.8 Å². The maximum absolute atomic E-state index is 11.9. The van der Waals surface area contributed by atoms with Gasteiger partial charge >= 0.3 is 0 Å². The molecule has 1 aromatic heterocycles. The minimum absolute atomic E-state index is 0.112. The molecule has 1 heterocycles. The number of halogens is 1. The van der Waals surface area contributed by atoms with Crippen molar-refractivity contribution in [1.29, 1.82) is 0 Å². The lowest BCUT2D eigenvalue weighted by Crippen LogP contribution is -2.28. The average molecular weight is 264 g/mol. The van der Waals surface area contributed by atoms with E-state index in [0.717, 1.165) is 11.0 Å². The van der Waals surface area contributed by atoms with Gasteiger partial charge in [-0.3, -0.25) is 14.8 Å². The second kappa shape index (κ2) is 5.78. The molecule has 2 rings (SSSR count). The highest BCUT2D eigenvalue weighted by Gasteiger charge is 2.08. The number of carbonyl (C=O) groups is 1. The lowest BCUT2D eigenvalue weighted by Gasteiger charge is -2.09. The van der Waals surface area contributed by atoms with Gasteiger partial charge in [-0.15, -0.1) is 11.6 Å². The first kappa shape index (κ1) is 12.8. The zero-order valence-corrected chi connectivity index (χ0v) is 10.8. The third-order valence-corrected chi connectivity index (χ3v) is 3.13. The zero-order valence-electron chi connectivity index (χ0n) is 10.1. The Bertz CT molecular complexity index is 559. The lowest BCUT2D eigenvalue weighted by atomic mass is 10.1. The smallest absolute Gasteiger partial charge is 0.251 e. The molecule has 4 nitrogen and oxygen atoms in total. The van der Waals surface area contributed by atoms with Gasteiger partial charge in [0, 0.05) is 30.4 Å². The predicted molar refractivity (Wildman–Crippen MR) is 71.8 cm³/mol. The van der Waals surface area contributed by atoms with E-state index in [1.807, 2.05) is 6.92 Å². The number of benzene rings is 1. The first-order valence-corrected chi connectivity index (χ1v) is 6.29. The Morgan fingerprint density at radius 3 is 2.78 bits per heavy atom. The standard InChI is InChI=1S/C13H14ClN3O/c1-9(7-14)8-17-13(18)10-2-3-11-12(6-10)16-5-4-15-11/h2-6,9H,7-8H2,1H3,(H,17,18). The first-order chi connectivity index (χ1) is 8.70. The van der Waals surface area contributed by atoms with Crippen molar-refractivity contribution in [3.05, 3.63) is 36.2 Å². The molecule has 0 bridgehead atoms. The van der Waals surface area contributed by atoms with Gasteiger partial charge in [-0.25, -0.2) is 0 Å². The fraction of sp³-hybridized carbons (Fsp3) is 0.308. The number of hydrogen-bond acceptors (Lipinski definition) is 3. The van der Waals surface area contributed by atoms with Crippen LogP contribution >= 0.6 is 11.6 Å². The van der Waals surface area contributed by atoms with Gasteiger partial charge in [0.25, 0.3) is 5.91 Å². The highest BCUT2D eigenvalue weighted by Crippen LogP contribution is 2.10. The Morgan fingerprint density at radius 2 is 2.06 bits per heavy atom. The molecular formula is C13H14ClN3O. The highest BCUT2D eigenvalue weighted by molar-refractivity contribution is 6.18. The molecule has 0 saturated heterocycles. The number of fused-ring (bicyclic) bond motifs is 1. The van der Waals surface area contributed by atoms with E-state index >= 15 is 0 Å². The Morgan fingerprint density at radius 1 is 1.33 bits per heavy atom. The van der Waals surface area contributed by atoms with Crippen LogP contribution in [0.25, 0.3) is 11.0 Å². The summed E-state index contributed by atoms with van der Waals surface area (Å²) >= 11 is 5.69. The Balaban J connectivity index is 2.13. The molecule has 0 aliphatic heterocycles. The van der Waals surface area contributed by atoms with Crippen LogP contribution in [0.5, 0.6) is 0 Å². The number of aromatic nitrogens is 2. The number of carbonyl (C=O) groups excluding carboxylic acids is 1. The lowest BCUT2D eigenvalue weighted by molar-refractivity contribution is 0.0949. The molecule has 1 aromatic carbocycles. The SMILES string of the molecule is CC(CCl)CNC(=O)c1ccc2nccnc2c1. The summed E-state index contributed by atoms with van der Waals surface area (Å²) < 4.78 is 0. The van der Waals surface area contributed by atoms with Crippen LogP contribution in [0, 0.1) is 5.92 Å². The fourth-order valence-electron chi connectivity index (χ4n) is 1.53. The van der Waals surface area contributed by atoms with E-state index in [4.69, 9.17) is 11.6 Å². The Kier molecular flexibility index (Phi) is 4.10. The maximum Gasteiger partial charge on any atom is 0.251 e. The van der Waals surface area contributed by atoms with Crippen LogP contribution in [0.4, 0.5) is 0 Å². The van der Waals surface area contributed by atoms with Gasteiger partial charge in [-0.2, -0.15) is 0 Å². The molecule has 18 heavy (non-hydrogen) atoms. The first-order valence-electron chi connectivity index (χ1n) is 5.75. The zero-order chi connectivity index (χ0) is 13.0. The van der Waals surface area contributed by atoms with Gasteiger partial charge in [0.15, 0.2) is 0 Å². The normalized spacial score (nSPS) is 12.3. The molecule has 0 saturated carbocycles. The van der Waals surface area contributed by atoms with Crippen LogP contribution in [-0.2, 0) is 0 Å². The van der Waals surface area contributed by atoms with Gasteiger partial charge in [-0.05, 0) is 24.1 Å². The van der Waals surface area contributed by atoms with E-state index in [0.29, 0.717) is 18.0 Å². The average Bonchev–Trinajstić information content (AvgIpc) is 2.43. The van der Waals surface area contributed by atoms with Gasteiger partial charge in [0.2, 0.25) is 0 Å². The largest absolute Gasteiger partial charge is 0.352 e. The molecule has 0 spiro atoms. The molecular weight excluding hydrogens is 250 g/mol. The van der Waals surface area contributed by atoms with Crippen LogP contribution < -0.4 is 5.32 Å². The highest BCUT2D eigenvalue weighted by atomic mass is 35.5. The summed E-state index contributed by atoms with van der Waals surface area (Å²) in [4.78, 5) is 20.2. The van der Waals surface area contributed by atoms with E-state index in [2.05, 4.69) is 15.3 Å². The third-order valence-electron chi connectivity index (χ3n) is 2.61.